The zero-order chi connectivity index (χ0) is 17.6. The maximum atomic E-state index is 13.6. The first-order valence-electron chi connectivity index (χ1n) is 7.49. The molecule has 1 amide bonds. The Hall–Kier alpha value is -2.45. The Labute approximate surface area is 152 Å². The van der Waals surface area contributed by atoms with E-state index in [2.05, 4.69) is 20.8 Å². The molecule has 0 unspecified atom stereocenters. The van der Waals surface area contributed by atoms with E-state index in [1.165, 1.54) is 35.2 Å². The Bertz CT molecular complexity index is 857. The maximum absolute atomic E-state index is 13.6. The third-order valence-corrected chi connectivity index (χ3v) is 5.23. The highest BCUT2D eigenvalue weighted by Gasteiger charge is 2.18. The lowest BCUT2D eigenvalue weighted by atomic mass is 10.3. The molecule has 25 heavy (non-hydrogen) atoms. The van der Waals surface area contributed by atoms with Gasteiger partial charge in [0.25, 0.3) is 0 Å². The van der Waals surface area contributed by atoms with Crippen LogP contribution in [0.1, 0.15) is 6.92 Å². The van der Waals surface area contributed by atoms with Gasteiger partial charge in [-0.1, -0.05) is 53.4 Å². The van der Waals surface area contributed by atoms with Crippen LogP contribution in [-0.2, 0) is 4.79 Å². The molecule has 5 nitrogen and oxygen atoms in total. The van der Waals surface area contributed by atoms with Crippen LogP contribution in [0.2, 0.25) is 0 Å². The molecule has 0 saturated carbocycles. The highest BCUT2D eigenvalue weighted by molar-refractivity contribution is 8.02. The number of amides is 1. The van der Waals surface area contributed by atoms with E-state index in [0.29, 0.717) is 9.47 Å². The number of rotatable bonds is 6. The van der Waals surface area contributed by atoms with Crippen LogP contribution in [0.3, 0.4) is 0 Å². The number of hydrogen-bond acceptors (Lipinski definition) is 6. The summed E-state index contributed by atoms with van der Waals surface area (Å²) >= 11 is 2.64. The van der Waals surface area contributed by atoms with Crippen LogP contribution >= 0.6 is 23.1 Å². The lowest BCUT2D eigenvalue weighted by Crippen LogP contribution is -2.22. The van der Waals surface area contributed by atoms with Crippen molar-refractivity contribution in [3.8, 4) is 0 Å². The van der Waals surface area contributed by atoms with Gasteiger partial charge in [0, 0.05) is 5.69 Å². The molecule has 3 aromatic rings. The Morgan fingerprint density at radius 1 is 1.12 bits per heavy atom. The van der Waals surface area contributed by atoms with Crippen molar-refractivity contribution in [1.82, 2.24) is 10.2 Å². The van der Waals surface area contributed by atoms with E-state index in [1.807, 2.05) is 30.3 Å². The number of aromatic nitrogens is 2. The molecule has 8 heteroatoms. The number of benzene rings is 2. The van der Waals surface area contributed by atoms with Gasteiger partial charge in [-0.3, -0.25) is 4.79 Å². The summed E-state index contributed by atoms with van der Waals surface area (Å²) in [6, 6.07) is 15.7. The van der Waals surface area contributed by atoms with Crippen LogP contribution in [-0.4, -0.2) is 21.4 Å². The molecule has 128 valence electrons. The third kappa shape index (κ3) is 4.77. The molecular weight excluding hydrogens is 359 g/mol. The summed E-state index contributed by atoms with van der Waals surface area (Å²) in [6.45, 7) is 1.74. The molecule has 3 rings (SSSR count). The molecule has 0 bridgehead atoms. The molecule has 1 atom stereocenters. The van der Waals surface area contributed by atoms with Gasteiger partial charge in [-0.25, -0.2) is 4.39 Å². The van der Waals surface area contributed by atoms with Crippen LogP contribution < -0.4 is 10.6 Å². The van der Waals surface area contributed by atoms with Crippen molar-refractivity contribution in [2.75, 3.05) is 10.6 Å². The molecule has 0 spiro atoms. The number of nitrogens with zero attached hydrogens (tertiary/aromatic N) is 2. The van der Waals surface area contributed by atoms with Gasteiger partial charge >= 0.3 is 0 Å². The smallest absolute Gasteiger partial charge is 0.237 e. The predicted octanol–water partition coefficient (Wildman–Crippen LogP) is 4.54. The Balaban J connectivity index is 1.58. The second-order valence-corrected chi connectivity index (χ2v) is 7.66. The fourth-order valence-electron chi connectivity index (χ4n) is 1.95. The predicted molar refractivity (Wildman–Crippen MR) is 100.0 cm³/mol. The molecule has 1 heterocycles. The molecule has 0 fully saturated rings. The second kappa shape index (κ2) is 8.09. The van der Waals surface area contributed by atoms with E-state index in [1.54, 1.807) is 19.1 Å². The molecular formula is C17H15FN4OS2. The van der Waals surface area contributed by atoms with Gasteiger partial charge in [-0.05, 0) is 31.2 Å². The van der Waals surface area contributed by atoms with Crippen molar-refractivity contribution in [3.05, 3.63) is 60.4 Å². The minimum atomic E-state index is -0.460. The van der Waals surface area contributed by atoms with Crippen molar-refractivity contribution in [2.45, 2.75) is 16.5 Å². The van der Waals surface area contributed by atoms with Gasteiger partial charge in [0.15, 0.2) is 4.34 Å². The summed E-state index contributed by atoms with van der Waals surface area (Å²) in [6.07, 6.45) is 0. The summed E-state index contributed by atoms with van der Waals surface area (Å²) in [7, 11) is 0. The van der Waals surface area contributed by atoms with Gasteiger partial charge in [-0.2, -0.15) is 0 Å². The second-order valence-electron chi connectivity index (χ2n) is 5.09. The Morgan fingerprint density at radius 3 is 2.60 bits per heavy atom. The number of nitrogens with one attached hydrogen (secondary N) is 2. The van der Waals surface area contributed by atoms with Gasteiger partial charge in [0.2, 0.25) is 11.0 Å². The van der Waals surface area contributed by atoms with Gasteiger partial charge in [0.05, 0.1) is 10.9 Å². The SMILES string of the molecule is C[C@H](Sc1nnc(Nc2ccccc2)s1)C(=O)Nc1ccccc1F. The van der Waals surface area contributed by atoms with Crippen LogP contribution in [0.25, 0.3) is 0 Å². The molecule has 0 aliphatic rings. The lowest BCUT2D eigenvalue weighted by molar-refractivity contribution is -0.115. The lowest BCUT2D eigenvalue weighted by Gasteiger charge is -2.10. The highest BCUT2D eigenvalue weighted by atomic mass is 32.2. The average molecular weight is 374 g/mol. The zero-order valence-electron chi connectivity index (χ0n) is 13.3. The van der Waals surface area contributed by atoms with E-state index < -0.39 is 11.1 Å². The summed E-state index contributed by atoms with van der Waals surface area (Å²) < 4.78 is 14.3. The summed E-state index contributed by atoms with van der Waals surface area (Å²) in [5.41, 5.74) is 1.09. The first kappa shape index (κ1) is 17.4. The third-order valence-electron chi connectivity index (χ3n) is 3.21. The average Bonchev–Trinajstić information content (AvgIpc) is 3.04. The van der Waals surface area contributed by atoms with E-state index in [-0.39, 0.29) is 11.6 Å². The van der Waals surface area contributed by atoms with Crippen molar-refractivity contribution < 1.29 is 9.18 Å². The number of anilines is 3. The zero-order valence-corrected chi connectivity index (χ0v) is 14.9. The van der Waals surface area contributed by atoms with Crippen molar-refractivity contribution in [2.24, 2.45) is 0 Å². The largest absolute Gasteiger partial charge is 0.330 e. The summed E-state index contributed by atoms with van der Waals surface area (Å²) in [4.78, 5) is 12.2. The number of hydrogen-bond donors (Lipinski definition) is 2. The fourth-order valence-corrected chi connectivity index (χ4v) is 3.87. The Morgan fingerprint density at radius 2 is 1.84 bits per heavy atom. The van der Waals surface area contributed by atoms with Gasteiger partial charge in [0.1, 0.15) is 5.82 Å². The van der Waals surface area contributed by atoms with Crippen LogP contribution in [0, 0.1) is 5.82 Å². The first-order chi connectivity index (χ1) is 12.1. The number of carbonyl (C=O) groups excluding carboxylic acids is 1. The maximum Gasteiger partial charge on any atom is 0.237 e. The number of thioether (sulfide) groups is 1. The fraction of sp³-hybridized carbons (Fsp3) is 0.118. The van der Waals surface area contributed by atoms with E-state index in [4.69, 9.17) is 0 Å². The number of para-hydroxylation sites is 2. The molecule has 1 aromatic heterocycles. The Kier molecular flexibility index (Phi) is 5.62. The monoisotopic (exact) mass is 374 g/mol. The number of halogens is 1. The highest BCUT2D eigenvalue weighted by Crippen LogP contribution is 2.30. The summed E-state index contributed by atoms with van der Waals surface area (Å²) in [5, 5.41) is 14.1. The quantitative estimate of drug-likeness (QED) is 0.620. The molecule has 0 aliphatic carbocycles. The number of carbonyl (C=O) groups is 1. The first-order valence-corrected chi connectivity index (χ1v) is 9.19. The topological polar surface area (TPSA) is 66.9 Å². The normalized spacial score (nSPS) is 11.8. The molecule has 2 N–H and O–H groups in total. The van der Waals surface area contributed by atoms with E-state index >= 15 is 0 Å². The minimum absolute atomic E-state index is 0.170. The van der Waals surface area contributed by atoms with Gasteiger partial charge < -0.3 is 10.6 Å². The molecule has 0 radical (unpaired) electrons. The van der Waals surface area contributed by atoms with Crippen molar-refractivity contribution in [3.63, 3.8) is 0 Å². The summed E-state index contributed by atoms with van der Waals surface area (Å²) in [5.74, 6) is -0.749. The van der Waals surface area contributed by atoms with Crippen LogP contribution in [0.15, 0.2) is 58.9 Å². The van der Waals surface area contributed by atoms with Crippen LogP contribution in [0.5, 0.6) is 0 Å². The molecule has 2 aromatic carbocycles. The van der Waals surface area contributed by atoms with Crippen molar-refractivity contribution in [1.29, 1.82) is 0 Å². The van der Waals surface area contributed by atoms with Crippen molar-refractivity contribution >= 4 is 45.5 Å². The van der Waals surface area contributed by atoms with E-state index in [9.17, 15) is 9.18 Å². The standard InChI is InChI=1S/C17H15FN4OS2/c1-11(15(23)20-14-10-6-5-9-13(14)18)24-17-22-21-16(25-17)19-12-7-3-2-4-8-12/h2-11H,1H3,(H,19,21)(H,20,23)/t11-/m0/s1. The van der Waals surface area contributed by atoms with Gasteiger partial charge in [-0.15, -0.1) is 10.2 Å². The van der Waals surface area contributed by atoms with Crippen LogP contribution in [0.4, 0.5) is 20.9 Å². The van der Waals surface area contributed by atoms with E-state index in [0.717, 1.165) is 5.69 Å². The molecule has 0 saturated heterocycles. The molecule has 0 aliphatic heterocycles. The minimum Gasteiger partial charge on any atom is -0.330 e.